The smallest absolute Gasteiger partial charge is 0.307 e. The molecule has 0 aromatic heterocycles. The first kappa shape index (κ1) is 25.1. The molecule has 0 aromatic rings. The van der Waals surface area contributed by atoms with E-state index in [0.29, 0.717) is 51.0 Å². The summed E-state index contributed by atoms with van der Waals surface area (Å²) in [5.41, 5.74) is 0. The Hall–Kier alpha value is -1.18. The molecule has 1 saturated heterocycles. The van der Waals surface area contributed by atoms with Gasteiger partial charge in [0.2, 0.25) is 0 Å². The first-order chi connectivity index (χ1) is 14.6. The predicted octanol–water partition coefficient (Wildman–Crippen LogP) is 3.42. The van der Waals surface area contributed by atoms with Gasteiger partial charge in [0.1, 0.15) is 0 Å². The molecule has 2 rings (SSSR count). The zero-order chi connectivity index (χ0) is 21.6. The Kier molecular flexibility index (Phi) is 12.3. The lowest BCUT2D eigenvalue weighted by atomic mass is 9.83. The van der Waals surface area contributed by atoms with Gasteiger partial charge < -0.3 is 14.4 Å². The van der Waals surface area contributed by atoms with E-state index < -0.39 is 0 Å². The molecule has 2 fully saturated rings. The minimum atomic E-state index is -0.116. The fourth-order valence-electron chi connectivity index (χ4n) is 4.05. The molecule has 174 valence electrons. The summed E-state index contributed by atoms with van der Waals surface area (Å²) in [7, 11) is 2.02. The molecule has 0 N–H and O–H groups in total. The highest BCUT2D eigenvalue weighted by Crippen LogP contribution is 2.29. The van der Waals surface area contributed by atoms with Crippen LogP contribution in [0, 0.1) is 11.8 Å². The zero-order valence-electron chi connectivity index (χ0n) is 19.1. The van der Waals surface area contributed by atoms with Crippen LogP contribution in [-0.4, -0.2) is 74.9 Å². The number of hydroxylamine groups is 2. The number of nitrogens with zero attached hydrogens (tertiary/aromatic N) is 2. The molecule has 0 atom stereocenters. The molecule has 30 heavy (non-hydrogen) atoms. The Morgan fingerprint density at radius 3 is 2.00 bits per heavy atom. The van der Waals surface area contributed by atoms with Crippen LogP contribution in [0.1, 0.15) is 71.1 Å². The van der Waals surface area contributed by atoms with Crippen LogP contribution in [0.5, 0.6) is 0 Å². The average molecular weight is 427 g/mol. The lowest BCUT2D eigenvalue weighted by Gasteiger charge is -2.28. The Morgan fingerprint density at radius 2 is 1.43 bits per heavy atom. The predicted molar refractivity (Wildman–Crippen MR) is 116 cm³/mol. The van der Waals surface area contributed by atoms with Crippen LogP contribution in [0.2, 0.25) is 0 Å². The summed E-state index contributed by atoms with van der Waals surface area (Å²) in [4.78, 5) is 31.5. The van der Waals surface area contributed by atoms with E-state index in [2.05, 4.69) is 9.96 Å². The second-order valence-electron chi connectivity index (χ2n) is 8.88. The van der Waals surface area contributed by atoms with Gasteiger partial charge in [0.25, 0.3) is 0 Å². The lowest BCUT2D eigenvalue weighted by Crippen LogP contribution is -2.34. The van der Waals surface area contributed by atoms with Crippen molar-refractivity contribution in [3.05, 3.63) is 0 Å². The third kappa shape index (κ3) is 10.7. The number of piperidine rings is 1. The fraction of sp³-hybridized carbons (Fsp3) is 0.913. The van der Waals surface area contributed by atoms with Crippen molar-refractivity contribution in [2.24, 2.45) is 11.8 Å². The Labute approximate surface area is 182 Å². The maximum absolute atomic E-state index is 12.1. The lowest BCUT2D eigenvalue weighted by molar-refractivity contribution is -0.170. The van der Waals surface area contributed by atoms with E-state index in [1.165, 1.54) is 19.3 Å². The quantitative estimate of drug-likeness (QED) is 0.418. The summed E-state index contributed by atoms with van der Waals surface area (Å²) in [5.74, 6) is 0.691. The summed E-state index contributed by atoms with van der Waals surface area (Å²) in [6, 6.07) is 0. The summed E-state index contributed by atoms with van der Waals surface area (Å²) >= 11 is 0. The number of hydrogen-bond donors (Lipinski definition) is 0. The van der Waals surface area contributed by atoms with Gasteiger partial charge in [-0.1, -0.05) is 13.3 Å². The maximum atomic E-state index is 12.1. The third-order valence-corrected chi connectivity index (χ3v) is 6.14. The Bertz CT molecular complexity index is 488. The summed E-state index contributed by atoms with van der Waals surface area (Å²) < 4.78 is 10.8. The number of likely N-dealkylation sites (N-methyl/N-ethyl adjacent to an activating group) is 1. The molecule has 1 aliphatic heterocycles. The maximum Gasteiger partial charge on any atom is 0.307 e. The van der Waals surface area contributed by atoms with E-state index in [1.54, 1.807) is 0 Å². The molecule has 0 unspecified atom stereocenters. The van der Waals surface area contributed by atoms with Crippen molar-refractivity contribution in [3.8, 4) is 0 Å². The average Bonchev–Trinajstić information content (AvgIpc) is 2.76. The van der Waals surface area contributed by atoms with Crippen LogP contribution < -0.4 is 0 Å². The molecule has 0 aromatic carbocycles. The molecule has 0 spiro atoms. The third-order valence-electron chi connectivity index (χ3n) is 6.14. The Morgan fingerprint density at radius 1 is 0.867 bits per heavy atom. The SMILES string of the molecule is CCCC(=O)OCC1CCC(COC(=O)CCN(C)CCON2CCCCC2)CC1. The number of hydrogen-bond acceptors (Lipinski definition) is 7. The molecular formula is C23H42N2O5. The van der Waals surface area contributed by atoms with E-state index >= 15 is 0 Å². The van der Waals surface area contributed by atoms with Crippen LogP contribution in [0.15, 0.2) is 0 Å². The molecular weight excluding hydrogens is 384 g/mol. The number of ether oxygens (including phenoxy) is 2. The van der Waals surface area contributed by atoms with Crippen LogP contribution in [-0.2, 0) is 23.9 Å². The largest absolute Gasteiger partial charge is 0.465 e. The van der Waals surface area contributed by atoms with Crippen molar-refractivity contribution in [2.75, 3.05) is 53.0 Å². The van der Waals surface area contributed by atoms with Crippen LogP contribution in [0.4, 0.5) is 0 Å². The van der Waals surface area contributed by atoms with Gasteiger partial charge in [0.15, 0.2) is 0 Å². The second-order valence-corrected chi connectivity index (χ2v) is 8.88. The number of carbonyl (C=O) groups is 2. The standard InChI is InChI=1S/C23H42N2O5/c1-3-7-22(26)28-18-20-8-10-21(11-9-20)19-29-23(27)12-15-24(2)16-17-30-25-13-5-4-6-14-25/h20-21H,3-19H2,1-2H3. The molecule has 2 aliphatic rings. The van der Waals surface area contributed by atoms with Crippen molar-refractivity contribution >= 4 is 11.9 Å². The van der Waals surface area contributed by atoms with Crippen LogP contribution in [0.3, 0.4) is 0 Å². The van der Waals surface area contributed by atoms with Crippen molar-refractivity contribution in [2.45, 2.75) is 71.1 Å². The monoisotopic (exact) mass is 426 g/mol. The molecule has 1 heterocycles. The molecule has 0 bridgehead atoms. The van der Waals surface area contributed by atoms with Gasteiger partial charge in [0.05, 0.1) is 26.2 Å². The topological polar surface area (TPSA) is 68.3 Å². The van der Waals surface area contributed by atoms with Crippen molar-refractivity contribution in [3.63, 3.8) is 0 Å². The van der Waals surface area contributed by atoms with Crippen LogP contribution in [0.25, 0.3) is 0 Å². The molecule has 0 amide bonds. The second kappa shape index (κ2) is 14.8. The van der Waals surface area contributed by atoms with E-state index in [-0.39, 0.29) is 11.9 Å². The van der Waals surface area contributed by atoms with E-state index in [1.807, 2.05) is 14.0 Å². The van der Waals surface area contributed by atoms with Gasteiger partial charge in [-0.25, -0.2) is 0 Å². The van der Waals surface area contributed by atoms with Gasteiger partial charge in [-0.3, -0.25) is 14.4 Å². The van der Waals surface area contributed by atoms with Crippen molar-refractivity contribution in [1.82, 2.24) is 9.96 Å². The zero-order valence-corrected chi connectivity index (χ0v) is 19.1. The molecule has 7 heteroatoms. The normalized spacial score (nSPS) is 22.8. The first-order valence-electron chi connectivity index (χ1n) is 11.9. The highest BCUT2D eigenvalue weighted by Gasteiger charge is 2.23. The van der Waals surface area contributed by atoms with Gasteiger partial charge in [0, 0.05) is 32.6 Å². The van der Waals surface area contributed by atoms with Crippen molar-refractivity contribution in [1.29, 1.82) is 0 Å². The van der Waals surface area contributed by atoms with E-state index in [9.17, 15) is 9.59 Å². The van der Waals surface area contributed by atoms with Gasteiger partial charge in [-0.05, 0) is 63.8 Å². The minimum Gasteiger partial charge on any atom is -0.465 e. The highest BCUT2D eigenvalue weighted by atomic mass is 16.7. The number of carbonyl (C=O) groups excluding carboxylic acids is 2. The number of rotatable bonds is 13. The van der Waals surface area contributed by atoms with Gasteiger partial charge in [-0.2, -0.15) is 5.06 Å². The summed E-state index contributed by atoms with van der Waals surface area (Å²) in [6.45, 7) is 7.28. The summed E-state index contributed by atoms with van der Waals surface area (Å²) in [5, 5.41) is 2.07. The first-order valence-corrected chi connectivity index (χ1v) is 11.9. The molecule has 7 nitrogen and oxygen atoms in total. The van der Waals surface area contributed by atoms with Gasteiger partial charge in [-0.15, -0.1) is 0 Å². The fourth-order valence-corrected chi connectivity index (χ4v) is 4.05. The Balaban J connectivity index is 1.46. The number of esters is 2. The van der Waals surface area contributed by atoms with Gasteiger partial charge >= 0.3 is 11.9 Å². The van der Waals surface area contributed by atoms with Crippen molar-refractivity contribution < 1.29 is 23.9 Å². The van der Waals surface area contributed by atoms with Crippen LogP contribution >= 0.6 is 0 Å². The highest BCUT2D eigenvalue weighted by molar-refractivity contribution is 5.69. The summed E-state index contributed by atoms with van der Waals surface area (Å²) in [6.07, 6.45) is 9.66. The minimum absolute atomic E-state index is 0.0865. The molecule has 1 aliphatic carbocycles. The van der Waals surface area contributed by atoms with E-state index in [0.717, 1.165) is 51.7 Å². The van der Waals surface area contributed by atoms with E-state index in [4.69, 9.17) is 14.3 Å². The molecule has 1 saturated carbocycles. The molecule has 0 radical (unpaired) electrons.